The van der Waals surface area contributed by atoms with E-state index in [2.05, 4.69) is 31.4 Å². The third kappa shape index (κ3) is 5.15. The molecule has 8 heteroatoms. The molecule has 0 fully saturated rings. The molecule has 0 spiro atoms. The van der Waals surface area contributed by atoms with Crippen molar-refractivity contribution in [2.45, 2.75) is 12.1 Å². The van der Waals surface area contributed by atoms with Crippen LogP contribution in [0.1, 0.15) is 11.1 Å². The molecule has 1 heterocycles. The summed E-state index contributed by atoms with van der Waals surface area (Å²) in [6.45, 7) is 1.99. The number of aryl methyl sites for hydroxylation is 1. The van der Waals surface area contributed by atoms with E-state index in [0.29, 0.717) is 21.7 Å². The van der Waals surface area contributed by atoms with E-state index in [-0.39, 0.29) is 17.2 Å². The zero-order valence-electron chi connectivity index (χ0n) is 17.2. The van der Waals surface area contributed by atoms with Gasteiger partial charge in [-0.3, -0.25) is 14.2 Å². The van der Waals surface area contributed by atoms with E-state index in [1.807, 2.05) is 67.6 Å². The fraction of sp³-hybridized carbons (Fsp3) is 0.0833. The van der Waals surface area contributed by atoms with Gasteiger partial charge < -0.3 is 0 Å². The van der Waals surface area contributed by atoms with Gasteiger partial charge in [0, 0.05) is 4.47 Å². The van der Waals surface area contributed by atoms with Crippen molar-refractivity contribution in [1.29, 1.82) is 0 Å². The topological polar surface area (TPSA) is 76.3 Å². The predicted octanol–water partition coefficient (Wildman–Crippen LogP) is 4.70. The maximum Gasteiger partial charge on any atom is 0.266 e. The molecule has 0 atom stereocenters. The summed E-state index contributed by atoms with van der Waals surface area (Å²) in [4.78, 5) is 30.2. The minimum absolute atomic E-state index is 0.0620. The summed E-state index contributed by atoms with van der Waals surface area (Å²) < 4.78 is 2.44. The molecular formula is C24H19BrN4O2S. The Morgan fingerprint density at radius 2 is 1.91 bits per heavy atom. The van der Waals surface area contributed by atoms with Crippen molar-refractivity contribution in [3.63, 3.8) is 0 Å². The van der Waals surface area contributed by atoms with E-state index in [1.54, 1.807) is 18.3 Å². The zero-order chi connectivity index (χ0) is 22.5. The van der Waals surface area contributed by atoms with Crippen molar-refractivity contribution in [3.05, 3.63) is 98.7 Å². The minimum Gasteiger partial charge on any atom is -0.272 e. The number of hydrogen-bond donors (Lipinski definition) is 1. The summed E-state index contributed by atoms with van der Waals surface area (Å²) in [5.74, 6) is -0.226. The summed E-state index contributed by atoms with van der Waals surface area (Å²) in [5, 5.41) is 4.98. The highest BCUT2D eigenvalue weighted by Gasteiger charge is 2.14. The van der Waals surface area contributed by atoms with Gasteiger partial charge >= 0.3 is 0 Å². The van der Waals surface area contributed by atoms with Gasteiger partial charge in [0.25, 0.3) is 11.5 Å². The Balaban J connectivity index is 1.56. The lowest BCUT2D eigenvalue weighted by atomic mass is 10.2. The second kappa shape index (κ2) is 9.93. The lowest BCUT2D eigenvalue weighted by Gasteiger charge is -2.13. The molecule has 0 aliphatic heterocycles. The van der Waals surface area contributed by atoms with Crippen LogP contribution < -0.4 is 11.0 Å². The van der Waals surface area contributed by atoms with Gasteiger partial charge in [-0.15, -0.1) is 0 Å². The molecule has 0 bridgehead atoms. The molecular weight excluding hydrogens is 488 g/mol. The number of fused-ring (bicyclic) bond motifs is 1. The number of aromatic nitrogens is 2. The number of amides is 1. The van der Waals surface area contributed by atoms with Crippen LogP contribution in [0.25, 0.3) is 16.6 Å². The van der Waals surface area contributed by atoms with E-state index in [4.69, 9.17) is 0 Å². The molecule has 1 N–H and O–H groups in total. The predicted molar refractivity (Wildman–Crippen MR) is 133 cm³/mol. The summed E-state index contributed by atoms with van der Waals surface area (Å²) in [5.41, 5.74) is 5.63. The molecule has 0 saturated heterocycles. The molecule has 4 rings (SSSR count). The fourth-order valence-corrected chi connectivity index (χ4v) is 4.19. The maximum atomic E-state index is 13.2. The van der Waals surface area contributed by atoms with Crippen LogP contribution in [-0.2, 0) is 4.79 Å². The first-order valence-corrected chi connectivity index (χ1v) is 11.6. The van der Waals surface area contributed by atoms with Crippen LogP contribution in [-0.4, -0.2) is 27.4 Å². The first-order valence-electron chi connectivity index (χ1n) is 9.80. The molecule has 0 aliphatic rings. The average Bonchev–Trinajstić information content (AvgIpc) is 2.79. The van der Waals surface area contributed by atoms with E-state index in [1.165, 1.54) is 16.3 Å². The Kier molecular flexibility index (Phi) is 6.82. The highest BCUT2D eigenvalue weighted by atomic mass is 79.9. The summed E-state index contributed by atoms with van der Waals surface area (Å²) >= 11 is 4.60. The smallest absolute Gasteiger partial charge is 0.266 e. The minimum atomic E-state index is -0.288. The number of nitrogens with one attached hydrogen (secondary N) is 1. The Hall–Kier alpha value is -3.23. The van der Waals surface area contributed by atoms with Crippen molar-refractivity contribution in [3.8, 4) is 5.69 Å². The number of benzene rings is 3. The largest absolute Gasteiger partial charge is 0.272 e. The monoisotopic (exact) mass is 506 g/mol. The molecule has 6 nitrogen and oxygen atoms in total. The highest BCUT2D eigenvalue weighted by molar-refractivity contribution is 9.10. The van der Waals surface area contributed by atoms with Crippen molar-refractivity contribution < 1.29 is 4.79 Å². The summed E-state index contributed by atoms with van der Waals surface area (Å²) in [6.07, 6.45) is 1.60. The number of nitrogens with zero attached hydrogens (tertiary/aromatic N) is 3. The third-order valence-electron chi connectivity index (χ3n) is 4.61. The van der Waals surface area contributed by atoms with Crippen LogP contribution in [0.4, 0.5) is 0 Å². The van der Waals surface area contributed by atoms with Gasteiger partial charge in [0.15, 0.2) is 5.16 Å². The third-order valence-corrected chi connectivity index (χ3v) is 6.07. The average molecular weight is 507 g/mol. The maximum absolute atomic E-state index is 13.2. The number of rotatable bonds is 6. The van der Waals surface area contributed by atoms with Gasteiger partial charge in [-0.05, 0) is 48.9 Å². The van der Waals surface area contributed by atoms with Crippen LogP contribution in [0.5, 0.6) is 0 Å². The normalized spacial score (nSPS) is 11.2. The van der Waals surface area contributed by atoms with Crippen LogP contribution in [0.3, 0.4) is 0 Å². The quantitative estimate of drug-likeness (QED) is 0.178. The van der Waals surface area contributed by atoms with Gasteiger partial charge in [0.1, 0.15) is 0 Å². The Morgan fingerprint density at radius 1 is 1.12 bits per heavy atom. The number of halogens is 1. The van der Waals surface area contributed by atoms with Gasteiger partial charge in [0.2, 0.25) is 0 Å². The first-order chi connectivity index (χ1) is 15.5. The number of carbonyl (C=O) groups is 1. The van der Waals surface area contributed by atoms with Gasteiger partial charge in [-0.2, -0.15) is 5.10 Å². The van der Waals surface area contributed by atoms with Crippen LogP contribution in [0, 0.1) is 6.92 Å². The second-order valence-corrected chi connectivity index (χ2v) is 8.88. The highest BCUT2D eigenvalue weighted by Crippen LogP contribution is 2.22. The van der Waals surface area contributed by atoms with E-state index in [0.717, 1.165) is 15.6 Å². The molecule has 0 saturated carbocycles. The number of hydrazone groups is 1. The summed E-state index contributed by atoms with van der Waals surface area (Å²) in [6, 6.07) is 22.4. The van der Waals surface area contributed by atoms with Crippen LogP contribution >= 0.6 is 27.7 Å². The van der Waals surface area contributed by atoms with Gasteiger partial charge in [-0.25, -0.2) is 10.4 Å². The molecule has 4 aromatic rings. The number of thioether (sulfide) groups is 1. The number of para-hydroxylation sites is 1. The van der Waals surface area contributed by atoms with E-state index >= 15 is 0 Å². The molecule has 0 radical (unpaired) electrons. The van der Waals surface area contributed by atoms with Crippen molar-refractivity contribution >= 4 is 50.7 Å². The number of carbonyl (C=O) groups excluding carboxylic acids is 1. The molecule has 160 valence electrons. The lowest BCUT2D eigenvalue weighted by molar-refractivity contribution is -0.118. The lowest BCUT2D eigenvalue weighted by Crippen LogP contribution is -2.24. The first kappa shape index (κ1) is 22.0. The Labute approximate surface area is 197 Å². The standard InChI is InChI=1S/C24H19BrN4O2S/c1-16-5-4-6-17(13-16)14-26-28-22(30)15-32-24-27-21-8-3-2-7-20(21)23(31)29(24)19-11-9-18(25)10-12-19/h2-14H,15H2,1H3,(H,28,30). The molecule has 0 unspecified atom stereocenters. The van der Waals surface area contributed by atoms with Crippen molar-refractivity contribution in [2.24, 2.45) is 5.10 Å². The molecule has 32 heavy (non-hydrogen) atoms. The molecule has 3 aromatic carbocycles. The van der Waals surface area contributed by atoms with E-state index < -0.39 is 0 Å². The Bertz CT molecular complexity index is 1370. The fourth-order valence-electron chi connectivity index (χ4n) is 3.12. The number of hydrogen-bond acceptors (Lipinski definition) is 5. The zero-order valence-corrected chi connectivity index (χ0v) is 19.6. The van der Waals surface area contributed by atoms with Crippen LogP contribution in [0.15, 0.2) is 92.3 Å². The summed E-state index contributed by atoms with van der Waals surface area (Å²) in [7, 11) is 0. The van der Waals surface area contributed by atoms with Crippen molar-refractivity contribution in [2.75, 3.05) is 5.75 Å². The van der Waals surface area contributed by atoms with Crippen LogP contribution in [0.2, 0.25) is 0 Å². The second-order valence-electron chi connectivity index (χ2n) is 7.02. The van der Waals surface area contributed by atoms with Gasteiger partial charge in [0.05, 0.1) is 28.6 Å². The molecule has 0 aliphatic carbocycles. The Morgan fingerprint density at radius 3 is 2.69 bits per heavy atom. The van der Waals surface area contributed by atoms with Gasteiger partial charge in [-0.1, -0.05) is 69.7 Å². The molecule has 1 amide bonds. The van der Waals surface area contributed by atoms with E-state index in [9.17, 15) is 9.59 Å². The van der Waals surface area contributed by atoms with Crippen molar-refractivity contribution in [1.82, 2.24) is 15.0 Å². The molecule has 1 aromatic heterocycles. The SMILES string of the molecule is Cc1cccc(C=NNC(=O)CSc2nc3ccccc3c(=O)n2-c2ccc(Br)cc2)c1.